The van der Waals surface area contributed by atoms with Gasteiger partial charge in [-0.1, -0.05) is 53.5 Å². The van der Waals surface area contributed by atoms with Gasteiger partial charge in [0, 0.05) is 12.2 Å². The van der Waals surface area contributed by atoms with E-state index in [0.717, 1.165) is 17.2 Å². The smallest absolute Gasteiger partial charge is 0.336 e. The second-order valence-electron chi connectivity index (χ2n) is 8.03. The molecule has 1 aliphatic heterocycles. The largest absolute Gasteiger partial charge is 0.478 e. The number of benzene rings is 3. The number of fused-ring (bicyclic) bond motifs is 2. The molecule has 35 heavy (non-hydrogen) atoms. The van der Waals surface area contributed by atoms with E-state index in [0.29, 0.717) is 35.4 Å². The Hall–Kier alpha value is -3.94. The zero-order chi connectivity index (χ0) is 24.7. The fraction of sp³-hybridized carbons (Fsp3) is 0.0769. The van der Waals surface area contributed by atoms with Gasteiger partial charge in [0.15, 0.2) is 0 Å². The van der Waals surface area contributed by atoms with Crippen LogP contribution in [0.15, 0.2) is 65.5 Å². The first-order chi connectivity index (χ1) is 16.8. The van der Waals surface area contributed by atoms with Crippen LogP contribution in [0.25, 0.3) is 22.6 Å². The van der Waals surface area contributed by atoms with Gasteiger partial charge in [-0.05, 0) is 54.0 Å². The lowest BCUT2D eigenvalue weighted by molar-refractivity contribution is 0.0692. The van der Waals surface area contributed by atoms with Crippen LogP contribution in [0.4, 0.5) is 5.69 Å². The zero-order valence-corrected chi connectivity index (χ0v) is 19.6. The molecule has 0 saturated heterocycles. The minimum atomic E-state index is -1.31. The molecule has 9 heteroatoms. The summed E-state index contributed by atoms with van der Waals surface area (Å²) in [6.07, 6.45) is 2.70. The molecule has 0 aliphatic carbocycles. The Bertz CT molecular complexity index is 1610. The number of aromatic carboxylic acids is 1. The summed E-state index contributed by atoms with van der Waals surface area (Å²) in [5.74, 6) is -1.40. The molecule has 7 nitrogen and oxygen atoms in total. The minimum Gasteiger partial charge on any atom is -0.478 e. The van der Waals surface area contributed by atoms with Crippen molar-refractivity contribution < 1.29 is 14.7 Å². The van der Waals surface area contributed by atoms with Crippen LogP contribution in [0.5, 0.6) is 0 Å². The molecule has 5 rings (SSSR count). The number of hydrogen-bond donors (Lipinski definition) is 2. The van der Waals surface area contributed by atoms with E-state index in [1.807, 2.05) is 36.4 Å². The van der Waals surface area contributed by atoms with Crippen LogP contribution in [0.3, 0.4) is 0 Å². The third-order valence-electron chi connectivity index (χ3n) is 5.78. The van der Waals surface area contributed by atoms with Crippen molar-refractivity contribution in [2.45, 2.75) is 13.0 Å². The van der Waals surface area contributed by atoms with Gasteiger partial charge in [0.2, 0.25) is 0 Å². The van der Waals surface area contributed by atoms with E-state index >= 15 is 0 Å². The molecule has 2 heterocycles. The molecule has 0 saturated carbocycles. The van der Waals surface area contributed by atoms with Gasteiger partial charge in [0.25, 0.3) is 11.5 Å². The van der Waals surface area contributed by atoms with Crippen molar-refractivity contribution in [2.24, 2.45) is 0 Å². The van der Waals surface area contributed by atoms with Gasteiger partial charge < -0.3 is 10.4 Å². The number of carboxylic acids is 1. The van der Waals surface area contributed by atoms with Crippen LogP contribution in [0.2, 0.25) is 10.0 Å². The van der Waals surface area contributed by atoms with Crippen LogP contribution >= 0.6 is 23.2 Å². The zero-order valence-electron chi connectivity index (χ0n) is 18.1. The molecular weight excluding hydrogens is 489 g/mol. The molecule has 0 radical (unpaired) electrons. The van der Waals surface area contributed by atoms with Gasteiger partial charge in [-0.25, -0.2) is 9.78 Å². The van der Waals surface area contributed by atoms with E-state index in [9.17, 15) is 19.5 Å². The summed E-state index contributed by atoms with van der Waals surface area (Å²) < 4.78 is 1.66. The van der Waals surface area contributed by atoms with Crippen molar-refractivity contribution >= 4 is 63.3 Å². The molecule has 0 spiro atoms. The van der Waals surface area contributed by atoms with Crippen LogP contribution in [0.1, 0.15) is 38.5 Å². The summed E-state index contributed by atoms with van der Waals surface area (Å²) in [6, 6.07) is 16.9. The number of allylic oxidation sites excluding steroid dienone is 1. The van der Waals surface area contributed by atoms with Crippen molar-refractivity contribution in [3.05, 3.63) is 104 Å². The molecule has 0 bridgehead atoms. The van der Waals surface area contributed by atoms with E-state index in [1.54, 1.807) is 22.8 Å². The lowest BCUT2D eigenvalue weighted by Crippen LogP contribution is -2.21. The Labute approximate surface area is 209 Å². The second-order valence-corrected chi connectivity index (χ2v) is 8.84. The summed E-state index contributed by atoms with van der Waals surface area (Å²) >= 11 is 11.9. The fourth-order valence-corrected chi connectivity index (χ4v) is 4.42. The Morgan fingerprint density at radius 3 is 2.43 bits per heavy atom. The predicted octanol–water partition coefficient (Wildman–Crippen LogP) is 5.60. The van der Waals surface area contributed by atoms with Gasteiger partial charge in [-0.3, -0.25) is 14.2 Å². The monoisotopic (exact) mass is 505 g/mol. The molecule has 0 fully saturated rings. The number of carbonyl (C=O) groups is 2. The van der Waals surface area contributed by atoms with Crippen molar-refractivity contribution in [3.63, 3.8) is 0 Å². The summed E-state index contributed by atoms with van der Waals surface area (Å²) in [7, 11) is 0. The van der Waals surface area contributed by atoms with Gasteiger partial charge in [0.05, 0.1) is 32.1 Å². The standard InChI is InChI=1S/C26H17Cl2N3O4/c27-20-12-18(19(26(34)35)13-21(20)28)24(32)29-16-6-7-17-22(11-16)30-23-15(8-9-31(23)25(17)33)10-14-4-2-1-3-5-14/h1-7,10-13H,8-9H2,(H,29,32)(H,34,35)/b15-10+. The Morgan fingerprint density at radius 2 is 1.71 bits per heavy atom. The molecule has 2 N–H and O–H groups in total. The SMILES string of the molecule is O=C(O)c1cc(Cl)c(Cl)cc1C(=O)Nc1ccc2c(=O)n3c(nc2c1)/C(=C/c1ccccc1)CC3. The summed E-state index contributed by atoms with van der Waals surface area (Å²) in [5, 5.41) is 12.6. The lowest BCUT2D eigenvalue weighted by Gasteiger charge is -2.11. The first kappa shape index (κ1) is 22.8. The topological polar surface area (TPSA) is 101 Å². The van der Waals surface area contributed by atoms with Crippen molar-refractivity contribution in [1.82, 2.24) is 9.55 Å². The van der Waals surface area contributed by atoms with Crippen molar-refractivity contribution in [3.8, 4) is 0 Å². The third-order valence-corrected chi connectivity index (χ3v) is 6.50. The number of rotatable bonds is 4. The second kappa shape index (κ2) is 9.02. The number of nitrogens with zero attached hydrogens (tertiary/aromatic N) is 2. The maximum absolute atomic E-state index is 13.1. The van der Waals surface area contributed by atoms with Crippen LogP contribution in [-0.4, -0.2) is 26.5 Å². The highest BCUT2D eigenvalue weighted by molar-refractivity contribution is 6.42. The number of halogens is 2. The van der Waals surface area contributed by atoms with Gasteiger partial charge in [-0.2, -0.15) is 0 Å². The number of aromatic nitrogens is 2. The molecule has 1 aromatic heterocycles. The Kier molecular flexibility index (Phi) is 5.88. The number of anilines is 1. The van der Waals surface area contributed by atoms with Crippen LogP contribution in [-0.2, 0) is 6.54 Å². The molecule has 174 valence electrons. The molecule has 1 amide bonds. The van der Waals surface area contributed by atoms with Crippen molar-refractivity contribution in [2.75, 3.05) is 5.32 Å². The van der Waals surface area contributed by atoms with Crippen molar-refractivity contribution in [1.29, 1.82) is 0 Å². The van der Waals surface area contributed by atoms with Crippen LogP contribution in [0, 0.1) is 0 Å². The number of nitrogens with one attached hydrogen (secondary N) is 1. The molecular formula is C26H17Cl2N3O4. The Balaban J connectivity index is 1.52. The third kappa shape index (κ3) is 4.32. The van der Waals surface area contributed by atoms with Crippen LogP contribution < -0.4 is 10.9 Å². The molecule has 3 aromatic carbocycles. The maximum Gasteiger partial charge on any atom is 0.336 e. The van der Waals surface area contributed by atoms with E-state index in [2.05, 4.69) is 5.32 Å². The highest BCUT2D eigenvalue weighted by atomic mass is 35.5. The fourth-order valence-electron chi connectivity index (χ4n) is 4.09. The molecule has 1 aliphatic rings. The Morgan fingerprint density at radius 1 is 1.00 bits per heavy atom. The highest BCUT2D eigenvalue weighted by Crippen LogP contribution is 2.29. The predicted molar refractivity (Wildman–Crippen MR) is 136 cm³/mol. The maximum atomic E-state index is 13.1. The number of amides is 1. The van der Waals surface area contributed by atoms with Gasteiger partial charge in [-0.15, -0.1) is 0 Å². The first-order valence-electron chi connectivity index (χ1n) is 10.7. The average molecular weight is 506 g/mol. The normalized spacial score (nSPS) is 13.7. The summed E-state index contributed by atoms with van der Waals surface area (Å²) in [5.41, 5.74) is 2.18. The van der Waals surface area contributed by atoms with E-state index in [-0.39, 0.29) is 26.7 Å². The lowest BCUT2D eigenvalue weighted by atomic mass is 10.1. The summed E-state index contributed by atoms with van der Waals surface area (Å²) in [4.78, 5) is 42.3. The van der Waals surface area contributed by atoms with E-state index in [1.165, 1.54) is 6.07 Å². The minimum absolute atomic E-state index is 0.0317. The molecule has 0 atom stereocenters. The highest BCUT2D eigenvalue weighted by Gasteiger charge is 2.22. The summed E-state index contributed by atoms with van der Waals surface area (Å²) in [6.45, 7) is 0.545. The number of carbonyl (C=O) groups excluding carboxylic acids is 1. The van der Waals surface area contributed by atoms with E-state index in [4.69, 9.17) is 28.2 Å². The average Bonchev–Trinajstić information content (AvgIpc) is 3.23. The van der Waals surface area contributed by atoms with E-state index < -0.39 is 11.9 Å². The molecule has 4 aromatic rings. The first-order valence-corrected chi connectivity index (χ1v) is 11.4. The number of carboxylic acid groups (broad SMARTS) is 1. The quantitative estimate of drug-likeness (QED) is 0.376. The number of hydrogen-bond acceptors (Lipinski definition) is 4. The van der Waals surface area contributed by atoms with Gasteiger partial charge in [0.1, 0.15) is 5.82 Å². The molecule has 0 unspecified atom stereocenters. The van der Waals surface area contributed by atoms with Gasteiger partial charge >= 0.3 is 5.97 Å².